The summed E-state index contributed by atoms with van der Waals surface area (Å²) < 4.78 is 5.72. The van der Waals surface area contributed by atoms with Gasteiger partial charge in [0.15, 0.2) is 0 Å². The van der Waals surface area contributed by atoms with Crippen LogP contribution < -0.4 is 4.74 Å². The van der Waals surface area contributed by atoms with Crippen LogP contribution in [0.25, 0.3) is 0 Å². The summed E-state index contributed by atoms with van der Waals surface area (Å²) in [6.07, 6.45) is 1.59. The van der Waals surface area contributed by atoms with Gasteiger partial charge in [0, 0.05) is 18.5 Å². The normalized spacial score (nSPS) is 17.5. The molecule has 1 aromatic rings. The lowest BCUT2D eigenvalue weighted by molar-refractivity contribution is -0.138. The predicted octanol–water partition coefficient (Wildman–Crippen LogP) is 3.10. The highest BCUT2D eigenvalue weighted by Crippen LogP contribution is 2.28. The van der Waals surface area contributed by atoms with Crippen LogP contribution in [0.15, 0.2) is 24.3 Å². The number of fused-ring (bicyclic) bond motifs is 1. The second-order valence-corrected chi connectivity index (χ2v) is 5.87. The summed E-state index contributed by atoms with van der Waals surface area (Å²) in [5, 5.41) is 0. The van der Waals surface area contributed by atoms with Gasteiger partial charge in [0.1, 0.15) is 12.4 Å². The Hall–Kier alpha value is -1.22. The van der Waals surface area contributed by atoms with Crippen molar-refractivity contribution >= 4 is 17.5 Å². The number of alkyl halides is 1. The zero-order chi connectivity index (χ0) is 14.5. The van der Waals surface area contributed by atoms with E-state index in [9.17, 15) is 4.79 Å². The number of ether oxygens (including phenoxy) is 1. The molecule has 1 aliphatic heterocycles. The number of nitrogens with zero attached hydrogens (tertiary/aromatic N) is 1. The first kappa shape index (κ1) is 15.2. The molecule has 2 rings (SSSR count). The Morgan fingerprint density at radius 1 is 1.45 bits per heavy atom. The van der Waals surface area contributed by atoms with E-state index in [2.05, 4.69) is 0 Å². The molecule has 4 heteroatoms. The molecule has 1 aromatic carbocycles. The van der Waals surface area contributed by atoms with E-state index >= 15 is 0 Å². The van der Waals surface area contributed by atoms with Gasteiger partial charge in [-0.1, -0.05) is 18.2 Å². The zero-order valence-electron chi connectivity index (χ0n) is 12.1. The second kappa shape index (κ2) is 6.98. The van der Waals surface area contributed by atoms with Gasteiger partial charge in [-0.25, -0.2) is 0 Å². The molecule has 0 aliphatic carbocycles. The summed E-state index contributed by atoms with van der Waals surface area (Å²) in [6.45, 7) is 5.28. The molecule has 0 N–H and O–H groups in total. The van der Waals surface area contributed by atoms with Crippen LogP contribution in [0.1, 0.15) is 25.8 Å². The fourth-order valence-electron chi connectivity index (χ4n) is 2.57. The van der Waals surface area contributed by atoms with Gasteiger partial charge in [0.2, 0.25) is 5.91 Å². The Morgan fingerprint density at radius 2 is 2.20 bits per heavy atom. The Morgan fingerprint density at radius 3 is 2.90 bits per heavy atom. The molecule has 0 spiro atoms. The minimum absolute atomic E-state index is 0.0809. The lowest BCUT2D eigenvalue weighted by Crippen LogP contribution is -2.44. The van der Waals surface area contributed by atoms with Crippen molar-refractivity contribution in [2.75, 3.05) is 19.0 Å². The maximum absolute atomic E-state index is 12.7. The summed E-state index contributed by atoms with van der Waals surface area (Å²) in [4.78, 5) is 14.6. The van der Waals surface area contributed by atoms with Crippen molar-refractivity contribution in [1.82, 2.24) is 4.90 Å². The highest BCUT2D eigenvalue weighted by molar-refractivity contribution is 6.17. The highest BCUT2D eigenvalue weighted by atomic mass is 35.5. The first-order valence-corrected chi connectivity index (χ1v) is 7.74. The quantitative estimate of drug-likeness (QED) is 0.781. The lowest BCUT2D eigenvalue weighted by Gasteiger charge is -2.32. The van der Waals surface area contributed by atoms with Crippen LogP contribution in [-0.2, 0) is 11.2 Å². The Bertz CT molecular complexity index is 462. The number of hydrogen-bond acceptors (Lipinski definition) is 2. The van der Waals surface area contributed by atoms with Gasteiger partial charge >= 0.3 is 0 Å². The number of rotatable bonds is 5. The number of amides is 1. The SMILES string of the molecule is CC(C)N(CCCCl)C(=O)C1COc2ccccc2C1. The summed E-state index contributed by atoms with van der Waals surface area (Å²) in [6, 6.07) is 8.14. The smallest absolute Gasteiger partial charge is 0.229 e. The number of benzene rings is 1. The molecule has 0 fully saturated rings. The highest BCUT2D eigenvalue weighted by Gasteiger charge is 2.30. The van der Waals surface area contributed by atoms with Crippen molar-refractivity contribution in [2.45, 2.75) is 32.7 Å². The average Bonchev–Trinajstić information content (AvgIpc) is 2.46. The van der Waals surface area contributed by atoms with Crippen LogP contribution in [0.2, 0.25) is 0 Å². The van der Waals surface area contributed by atoms with Crippen LogP contribution in [0.3, 0.4) is 0 Å². The zero-order valence-corrected chi connectivity index (χ0v) is 12.9. The molecule has 0 saturated heterocycles. The molecule has 0 radical (unpaired) electrons. The van der Waals surface area contributed by atoms with Crippen LogP contribution in [0.4, 0.5) is 0 Å². The van der Waals surface area contributed by atoms with Crippen LogP contribution in [0.5, 0.6) is 5.75 Å². The Balaban J connectivity index is 2.06. The maximum atomic E-state index is 12.7. The van der Waals surface area contributed by atoms with Crippen molar-refractivity contribution in [2.24, 2.45) is 5.92 Å². The summed E-state index contributed by atoms with van der Waals surface area (Å²) in [5.41, 5.74) is 1.12. The van der Waals surface area contributed by atoms with Crippen LogP contribution in [-0.4, -0.2) is 35.9 Å². The fraction of sp³-hybridized carbons (Fsp3) is 0.562. The molecule has 110 valence electrons. The largest absolute Gasteiger partial charge is 0.492 e. The molecular weight excluding hydrogens is 274 g/mol. The summed E-state index contributed by atoms with van der Waals surface area (Å²) in [5.74, 6) is 1.59. The molecule has 1 aliphatic rings. The van der Waals surface area contributed by atoms with Crippen molar-refractivity contribution in [3.63, 3.8) is 0 Å². The molecule has 1 unspecified atom stereocenters. The standard InChI is InChI=1S/C16H22ClNO2/c1-12(2)18(9-5-8-17)16(19)14-10-13-6-3-4-7-15(13)20-11-14/h3-4,6-7,12,14H,5,8-11H2,1-2H3. The molecule has 0 saturated carbocycles. The van der Waals surface area contributed by atoms with E-state index in [1.807, 2.05) is 43.0 Å². The third kappa shape index (κ3) is 3.45. The molecule has 20 heavy (non-hydrogen) atoms. The van der Waals surface area contributed by atoms with Crippen molar-refractivity contribution in [1.29, 1.82) is 0 Å². The van der Waals surface area contributed by atoms with Crippen molar-refractivity contribution < 1.29 is 9.53 Å². The van der Waals surface area contributed by atoms with Crippen molar-refractivity contribution in [3.05, 3.63) is 29.8 Å². The molecule has 0 aromatic heterocycles. The number of carbonyl (C=O) groups excluding carboxylic acids is 1. The van der Waals surface area contributed by atoms with Gasteiger partial charge in [-0.05, 0) is 38.3 Å². The minimum atomic E-state index is -0.0809. The second-order valence-electron chi connectivity index (χ2n) is 5.49. The van der Waals surface area contributed by atoms with Gasteiger partial charge in [0.25, 0.3) is 0 Å². The third-order valence-electron chi connectivity index (χ3n) is 3.67. The molecule has 1 heterocycles. The first-order valence-electron chi connectivity index (χ1n) is 7.20. The lowest BCUT2D eigenvalue weighted by atomic mass is 9.95. The van der Waals surface area contributed by atoms with Gasteiger partial charge in [0.05, 0.1) is 5.92 Å². The van der Waals surface area contributed by atoms with Gasteiger partial charge < -0.3 is 9.64 Å². The summed E-state index contributed by atoms with van der Waals surface area (Å²) >= 11 is 5.75. The molecule has 1 atom stereocenters. The van der Waals surface area contributed by atoms with E-state index < -0.39 is 0 Å². The Kier molecular flexibility index (Phi) is 5.30. The third-order valence-corrected chi connectivity index (χ3v) is 3.93. The summed E-state index contributed by atoms with van der Waals surface area (Å²) in [7, 11) is 0. The van der Waals surface area contributed by atoms with Crippen molar-refractivity contribution in [3.8, 4) is 5.75 Å². The monoisotopic (exact) mass is 295 g/mol. The topological polar surface area (TPSA) is 29.5 Å². The van der Waals surface area contributed by atoms with Gasteiger partial charge in [-0.3, -0.25) is 4.79 Å². The number of halogens is 1. The van der Waals surface area contributed by atoms with E-state index in [1.54, 1.807) is 0 Å². The molecule has 3 nitrogen and oxygen atoms in total. The van der Waals surface area contributed by atoms with E-state index in [0.717, 1.165) is 30.7 Å². The number of hydrogen-bond donors (Lipinski definition) is 0. The van der Waals surface area contributed by atoms with Crippen LogP contribution >= 0.6 is 11.6 Å². The molecular formula is C16H22ClNO2. The molecule has 1 amide bonds. The maximum Gasteiger partial charge on any atom is 0.229 e. The number of carbonyl (C=O) groups is 1. The van der Waals surface area contributed by atoms with Gasteiger partial charge in [-0.15, -0.1) is 11.6 Å². The minimum Gasteiger partial charge on any atom is -0.492 e. The number of para-hydroxylation sites is 1. The van der Waals surface area contributed by atoms with E-state index in [1.165, 1.54) is 0 Å². The first-order chi connectivity index (χ1) is 9.63. The van der Waals surface area contributed by atoms with E-state index in [0.29, 0.717) is 12.5 Å². The average molecular weight is 296 g/mol. The fourth-order valence-corrected chi connectivity index (χ4v) is 2.69. The Labute approximate surface area is 125 Å². The van der Waals surface area contributed by atoms with E-state index in [-0.39, 0.29) is 17.9 Å². The van der Waals surface area contributed by atoms with E-state index in [4.69, 9.17) is 16.3 Å². The van der Waals surface area contributed by atoms with Crippen LogP contribution in [0, 0.1) is 5.92 Å². The van der Waals surface area contributed by atoms with Gasteiger partial charge in [-0.2, -0.15) is 0 Å². The molecule has 0 bridgehead atoms. The predicted molar refractivity (Wildman–Crippen MR) is 81.3 cm³/mol.